The number of carbonyl (C=O) groups excluding carboxylic acids is 2. The van der Waals surface area contributed by atoms with Crippen LogP contribution in [0.15, 0.2) is 65.4 Å². The topological polar surface area (TPSA) is 89.8 Å². The van der Waals surface area contributed by atoms with Gasteiger partial charge in [0.2, 0.25) is 0 Å². The molecule has 0 aromatic heterocycles. The lowest BCUT2D eigenvalue weighted by molar-refractivity contribution is -0.385. The van der Waals surface area contributed by atoms with Crippen LogP contribution in [0.1, 0.15) is 19.4 Å². The normalized spacial score (nSPS) is 15.2. The number of amides is 1. The predicted octanol–water partition coefficient (Wildman–Crippen LogP) is 4.52. The molecular formula is C21H17ClN2O5. The molecule has 2 aromatic carbocycles. The van der Waals surface area contributed by atoms with E-state index in [4.69, 9.17) is 16.3 Å². The monoisotopic (exact) mass is 412 g/mol. The zero-order valence-electron chi connectivity index (χ0n) is 15.7. The Bertz CT molecular complexity index is 1060. The van der Waals surface area contributed by atoms with Gasteiger partial charge in [0.25, 0.3) is 11.6 Å². The highest BCUT2D eigenvalue weighted by Crippen LogP contribution is 2.36. The van der Waals surface area contributed by atoms with E-state index >= 15 is 0 Å². The average Bonchev–Trinajstić information content (AvgIpc) is 2.93. The SMILES string of the molecule is CCOC(=O)C1=C(C)N(c2ccc(Cl)cc2)C(=O)/C1=C\c1ccccc1[N+](=O)[O-]. The van der Waals surface area contributed by atoms with Crippen LogP contribution in [-0.2, 0) is 14.3 Å². The van der Waals surface area contributed by atoms with Crippen molar-refractivity contribution in [1.29, 1.82) is 0 Å². The molecule has 0 N–H and O–H groups in total. The first-order valence-corrected chi connectivity index (χ1v) is 9.16. The predicted molar refractivity (Wildman–Crippen MR) is 109 cm³/mol. The zero-order valence-corrected chi connectivity index (χ0v) is 16.5. The van der Waals surface area contributed by atoms with Crippen LogP contribution in [0, 0.1) is 10.1 Å². The van der Waals surface area contributed by atoms with E-state index in [0.29, 0.717) is 16.4 Å². The van der Waals surface area contributed by atoms with E-state index in [2.05, 4.69) is 0 Å². The van der Waals surface area contributed by atoms with Gasteiger partial charge in [-0.05, 0) is 50.3 Å². The summed E-state index contributed by atoms with van der Waals surface area (Å²) in [5.74, 6) is -1.15. The number of halogens is 1. The smallest absolute Gasteiger partial charge is 0.340 e. The fraction of sp³-hybridized carbons (Fsp3) is 0.143. The molecule has 1 amide bonds. The number of nitro benzene ring substituents is 1. The van der Waals surface area contributed by atoms with Crippen LogP contribution < -0.4 is 4.90 Å². The van der Waals surface area contributed by atoms with Gasteiger partial charge in [0, 0.05) is 22.5 Å². The maximum absolute atomic E-state index is 13.2. The Balaban J connectivity index is 2.17. The Labute approximate surface area is 172 Å². The minimum Gasteiger partial charge on any atom is -0.462 e. The molecule has 1 aliphatic heterocycles. The van der Waals surface area contributed by atoms with E-state index in [9.17, 15) is 19.7 Å². The second kappa shape index (κ2) is 8.28. The maximum Gasteiger partial charge on any atom is 0.340 e. The number of nitrogens with zero attached hydrogens (tertiary/aromatic N) is 2. The fourth-order valence-electron chi connectivity index (χ4n) is 3.11. The van der Waals surface area contributed by atoms with Gasteiger partial charge in [0.15, 0.2) is 0 Å². The third-order valence-electron chi connectivity index (χ3n) is 4.40. The summed E-state index contributed by atoms with van der Waals surface area (Å²) in [6, 6.07) is 12.6. The molecule has 0 atom stereocenters. The van der Waals surface area contributed by atoms with Crippen molar-refractivity contribution < 1.29 is 19.2 Å². The quantitative estimate of drug-likeness (QED) is 0.312. The van der Waals surface area contributed by atoms with E-state index in [1.807, 2.05) is 0 Å². The molecule has 8 heteroatoms. The van der Waals surface area contributed by atoms with Gasteiger partial charge in [-0.15, -0.1) is 0 Å². The first-order chi connectivity index (χ1) is 13.8. The highest BCUT2D eigenvalue weighted by molar-refractivity contribution is 6.30. The van der Waals surface area contributed by atoms with Gasteiger partial charge in [-0.1, -0.05) is 23.7 Å². The minimum atomic E-state index is -0.667. The number of para-hydroxylation sites is 1. The Morgan fingerprint density at radius 1 is 1.21 bits per heavy atom. The number of rotatable bonds is 5. The van der Waals surface area contributed by atoms with Crippen LogP contribution >= 0.6 is 11.6 Å². The summed E-state index contributed by atoms with van der Waals surface area (Å²) >= 11 is 5.93. The summed E-state index contributed by atoms with van der Waals surface area (Å²) in [4.78, 5) is 38.0. The van der Waals surface area contributed by atoms with Crippen LogP contribution in [0.5, 0.6) is 0 Å². The first kappa shape index (κ1) is 20.3. The van der Waals surface area contributed by atoms with Crippen LogP contribution in [-0.4, -0.2) is 23.4 Å². The standard InChI is InChI=1S/C21H17ClN2O5/c1-3-29-21(26)19-13(2)23(16-10-8-15(22)9-11-16)20(25)17(19)12-14-6-4-5-7-18(14)24(27)28/h4-12H,3H2,1-2H3/b17-12-. The molecule has 1 heterocycles. The number of ether oxygens (including phenoxy) is 1. The molecule has 0 radical (unpaired) electrons. The molecule has 148 valence electrons. The van der Waals surface area contributed by atoms with Crippen molar-refractivity contribution >= 4 is 40.9 Å². The largest absolute Gasteiger partial charge is 0.462 e. The van der Waals surface area contributed by atoms with Gasteiger partial charge in [-0.2, -0.15) is 0 Å². The Morgan fingerprint density at radius 3 is 2.48 bits per heavy atom. The molecule has 2 aromatic rings. The van der Waals surface area contributed by atoms with Gasteiger partial charge >= 0.3 is 5.97 Å². The summed E-state index contributed by atoms with van der Waals surface area (Å²) in [6.07, 6.45) is 1.35. The van der Waals surface area contributed by atoms with Crippen molar-refractivity contribution in [3.63, 3.8) is 0 Å². The van der Waals surface area contributed by atoms with Crippen molar-refractivity contribution in [2.24, 2.45) is 0 Å². The third-order valence-corrected chi connectivity index (χ3v) is 4.65. The van der Waals surface area contributed by atoms with Gasteiger partial charge in [0.1, 0.15) is 0 Å². The third kappa shape index (κ3) is 3.90. The van der Waals surface area contributed by atoms with E-state index in [0.717, 1.165) is 0 Å². The summed E-state index contributed by atoms with van der Waals surface area (Å²) < 4.78 is 5.12. The lowest BCUT2D eigenvalue weighted by atomic mass is 10.0. The van der Waals surface area contributed by atoms with Crippen molar-refractivity contribution in [3.05, 3.63) is 86.1 Å². The van der Waals surface area contributed by atoms with Crippen LogP contribution in [0.3, 0.4) is 0 Å². The van der Waals surface area contributed by atoms with Crippen LogP contribution in [0.2, 0.25) is 5.02 Å². The number of benzene rings is 2. The molecule has 0 saturated heterocycles. The molecule has 7 nitrogen and oxygen atoms in total. The van der Waals surface area contributed by atoms with E-state index in [-0.39, 0.29) is 29.0 Å². The number of esters is 1. The van der Waals surface area contributed by atoms with Crippen LogP contribution in [0.25, 0.3) is 6.08 Å². The van der Waals surface area contributed by atoms with Crippen molar-refractivity contribution in [1.82, 2.24) is 0 Å². The number of allylic oxidation sites excluding steroid dienone is 1. The second-order valence-electron chi connectivity index (χ2n) is 6.17. The van der Waals surface area contributed by atoms with Crippen LogP contribution in [0.4, 0.5) is 11.4 Å². The molecule has 0 fully saturated rings. The molecule has 0 aliphatic carbocycles. The van der Waals surface area contributed by atoms with Gasteiger partial charge < -0.3 is 4.74 Å². The molecule has 1 aliphatic rings. The zero-order chi connectivity index (χ0) is 21.1. The van der Waals surface area contributed by atoms with Crippen molar-refractivity contribution in [2.75, 3.05) is 11.5 Å². The second-order valence-corrected chi connectivity index (χ2v) is 6.61. The summed E-state index contributed by atoms with van der Waals surface area (Å²) in [5.41, 5.74) is 1.05. The van der Waals surface area contributed by atoms with E-state index in [1.54, 1.807) is 44.2 Å². The molecule has 3 rings (SSSR count). The molecule has 0 saturated carbocycles. The molecule has 0 unspecified atom stereocenters. The highest BCUT2D eigenvalue weighted by atomic mass is 35.5. The average molecular weight is 413 g/mol. The number of nitro groups is 1. The fourth-order valence-corrected chi connectivity index (χ4v) is 3.24. The van der Waals surface area contributed by atoms with E-state index < -0.39 is 16.8 Å². The molecule has 0 bridgehead atoms. The van der Waals surface area contributed by atoms with Crippen molar-refractivity contribution in [2.45, 2.75) is 13.8 Å². The number of hydrogen-bond acceptors (Lipinski definition) is 5. The number of anilines is 1. The Morgan fingerprint density at radius 2 is 1.86 bits per heavy atom. The highest BCUT2D eigenvalue weighted by Gasteiger charge is 2.38. The van der Waals surface area contributed by atoms with Gasteiger partial charge in [-0.3, -0.25) is 19.8 Å². The van der Waals surface area contributed by atoms with Gasteiger partial charge in [-0.25, -0.2) is 4.79 Å². The molecular weight excluding hydrogens is 396 g/mol. The summed E-state index contributed by atoms with van der Waals surface area (Å²) in [5, 5.41) is 11.8. The maximum atomic E-state index is 13.2. The van der Waals surface area contributed by atoms with E-state index in [1.165, 1.54) is 29.2 Å². The summed E-state index contributed by atoms with van der Waals surface area (Å²) in [7, 11) is 0. The van der Waals surface area contributed by atoms with Gasteiger partial charge in [0.05, 0.1) is 28.2 Å². The number of hydrogen-bond donors (Lipinski definition) is 0. The minimum absolute atomic E-state index is 0.0326. The first-order valence-electron chi connectivity index (χ1n) is 8.78. The lowest BCUT2D eigenvalue weighted by Gasteiger charge is -2.17. The Hall–Kier alpha value is -3.45. The lowest BCUT2D eigenvalue weighted by Crippen LogP contribution is -2.24. The Kier molecular flexibility index (Phi) is 5.79. The molecule has 0 spiro atoms. The number of carbonyl (C=O) groups is 2. The molecule has 29 heavy (non-hydrogen) atoms. The van der Waals surface area contributed by atoms with Crippen molar-refractivity contribution in [3.8, 4) is 0 Å². The summed E-state index contributed by atoms with van der Waals surface area (Å²) in [6.45, 7) is 3.41.